The summed E-state index contributed by atoms with van der Waals surface area (Å²) in [6.45, 7) is 7.32. The standard InChI is InChI=1S/C25H27F3N4O/c1-18-13-19(2)32(29-18)17-20-5-3-7-22(14-20)24(33)31-11-9-30(10-12-31)16-21-6-4-8-23(15-21)25(26,27)28/h3-8,13-15H,9-12,16-17H2,1-2H3. The van der Waals surface area contributed by atoms with Crippen molar-refractivity contribution < 1.29 is 18.0 Å². The number of carbonyl (C=O) groups is 1. The predicted octanol–water partition coefficient (Wildman–Crippen LogP) is 4.53. The minimum Gasteiger partial charge on any atom is -0.336 e. The molecule has 5 nitrogen and oxygen atoms in total. The van der Waals surface area contributed by atoms with Crippen LogP contribution in [-0.4, -0.2) is 51.7 Å². The molecule has 0 bridgehead atoms. The van der Waals surface area contributed by atoms with Gasteiger partial charge in [-0.15, -0.1) is 0 Å². The van der Waals surface area contributed by atoms with E-state index in [0.29, 0.717) is 50.4 Å². The van der Waals surface area contributed by atoms with Crippen LogP contribution in [0.25, 0.3) is 0 Å². The van der Waals surface area contributed by atoms with E-state index in [1.165, 1.54) is 12.1 Å². The van der Waals surface area contributed by atoms with E-state index in [9.17, 15) is 18.0 Å². The Bertz CT molecular complexity index is 1130. The van der Waals surface area contributed by atoms with E-state index in [-0.39, 0.29) is 5.91 Å². The minimum absolute atomic E-state index is 0.0241. The van der Waals surface area contributed by atoms with Gasteiger partial charge in [-0.2, -0.15) is 18.3 Å². The Morgan fingerprint density at radius 3 is 2.21 bits per heavy atom. The van der Waals surface area contributed by atoms with Gasteiger partial charge in [0, 0.05) is 44.0 Å². The topological polar surface area (TPSA) is 41.4 Å². The van der Waals surface area contributed by atoms with Crippen LogP contribution in [0.2, 0.25) is 0 Å². The van der Waals surface area contributed by atoms with Gasteiger partial charge in [-0.05, 0) is 49.2 Å². The van der Waals surface area contributed by atoms with Gasteiger partial charge in [0.2, 0.25) is 0 Å². The Hall–Kier alpha value is -3.13. The molecular formula is C25H27F3N4O. The van der Waals surface area contributed by atoms with Crippen LogP contribution < -0.4 is 0 Å². The molecule has 0 aliphatic carbocycles. The number of hydrogen-bond donors (Lipinski definition) is 0. The molecule has 0 N–H and O–H groups in total. The summed E-state index contributed by atoms with van der Waals surface area (Å²) in [6, 6.07) is 15.1. The van der Waals surface area contributed by atoms with Crippen molar-refractivity contribution in [3.05, 3.63) is 88.2 Å². The molecule has 0 saturated carbocycles. The van der Waals surface area contributed by atoms with Gasteiger partial charge >= 0.3 is 6.18 Å². The average Bonchev–Trinajstić information content (AvgIpc) is 3.10. The Kier molecular flexibility index (Phi) is 6.56. The normalized spacial score (nSPS) is 15.1. The molecule has 1 aromatic heterocycles. The molecule has 1 aliphatic rings. The molecule has 0 atom stereocenters. The van der Waals surface area contributed by atoms with Crippen LogP contribution in [0.1, 0.15) is 38.4 Å². The maximum Gasteiger partial charge on any atom is 0.416 e. The van der Waals surface area contributed by atoms with Crippen molar-refractivity contribution in [1.29, 1.82) is 0 Å². The van der Waals surface area contributed by atoms with Crippen molar-refractivity contribution in [3.63, 3.8) is 0 Å². The Morgan fingerprint density at radius 1 is 0.909 bits per heavy atom. The highest BCUT2D eigenvalue weighted by Gasteiger charge is 2.30. The molecule has 3 aromatic rings. The minimum atomic E-state index is -4.34. The lowest BCUT2D eigenvalue weighted by Crippen LogP contribution is -2.48. The lowest BCUT2D eigenvalue weighted by molar-refractivity contribution is -0.137. The van der Waals surface area contributed by atoms with Gasteiger partial charge in [0.25, 0.3) is 5.91 Å². The summed E-state index contributed by atoms with van der Waals surface area (Å²) in [7, 11) is 0. The van der Waals surface area contributed by atoms with Crippen LogP contribution in [0.5, 0.6) is 0 Å². The second-order valence-electron chi connectivity index (χ2n) is 8.55. The zero-order valence-electron chi connectivity index (χ0n) is 18.8. The highest BCUT2D eigenvalue weighted by atomic mass is 19.4. The smallest absolute Gasteiger partial charge is 0.336 e. The second-order valence-corrected chi connectivity index (χ2v) is 8.55. The number of nitrogens with zero attached hydrogens (tertiary/aromatic N) is 4. The summed E-state index contributed by atoms with van der Waals surface area (Å²) >= 11 is 0. The molecule has 2 aromatic carbocycles. The number of benzene rings is 2. The first-order valence-electron chi connectivity index (χ1n) is 11.0. The van der Waals surface area contributed by atoms with Crippen molar-refractivity contribution in [1.82, 2.24) is 19.6 Å². The van der Waals surface area contributed by atoms with E-state index >= 15 is 0 Å². The van der Waals surface area contributed by atoms with Crippen LogP contribution in [0, 0.1) is 13.8 Å². The number of amides is 1. The van der Waals surface area contributed by atoms with E-state index in [1.54, 1.807) is 6.07 Å². The Balaban J connectivity index is 1.35. The molecule has 0 unspecified atom stereocenters. The van der Waals surface area contributed by atoms with Gasteiger partial charge in [-0.1, -0.05) is 30.3 Å². The number of alkyl halides is 3. The third-order valence-electron chi connectivity index (χ3n) is 5.93. The van der Waals surface area contributed by atoms with Crippen molar-refractivity contribution in [2.75, 3.05) is 26.2 Å². The van der Waals surface area contributed by atoms with Gasteiger partial charge in [-0.3, -0.25) is 14.4 Å². The van der Waals surface area contributed by atoms with Crippen LogP contribution in [0.3, 0.4) is 0 Å². The molecule has 0 radical (unpaired) electrons. The van der Waals surface area contributed by atoms with E-state index < -0.39 is 11.7 Å². The fraction of sp³-hybridized carbons (Fsp3) is 0.360. The molecule has 1 saturated heterocycles. The monoisotopic (exact) mass is 456 g/mol. The van der Waals surface area contributed by atoms with Crippen molar-refractivity contribution in [2.45, 2.75) is 33.1 Å². The molecule has 1 fully saturated rings. The third kappa shape index (κ3) is 5.63. The lowest BCUT2D eigenvalue weighted by Gasteiger charge is -2.35. The number of aromatic nitrogens is 2. The quantitative estimate of drug-likeness (QED) is 0.567. The zero-order valence-corrected chi connectivity index (χ0v) is 18.8. The number of carbonyl (C=O) groups excluding carboxylic acids is 1. The largest absolute Gasteiger partial charge is 0.416 e. The molecule has 1 aliphatic heterocycles. The molecule has 33 heavy (non-hydrogen) atoms. The summed E-state index contributed by atoms with van der Waals surface area (Å²) in [5.41, 5.74) is 3.68. The highest BCUT2D eigenvalue weighted by Crippen LogP contribution is 2.29. The first kappa shape index (κ1) is 23.0. The molecule has 0 spiro atoms. The Morgan fingerprint density at radius 2 is 1.58 bits per heavy atom. The highest BCUT2D eigenvalue weighted by molar-refractivity contribution is 5.94. The lowest BCUT2D eigenvalue weighted by atomic mass is 10.1. The van der Waals surface area contributed by atoms with Crippen LogP contribution in [0.4, 0.5) is 13.2 Å². The fourth-order valence-corrected chi connectivity index (χ4v) is 4.21. The van der Waals surface area contributed by atoms with E-state index in [1.807, 2.05) is 53.8 Å². The number of rotatable bonds is 5. The number of halogens is 3. The summed E-state index contributed by atoms with van der Waals surface area (Å²) in [4.78, 5) is 16.9. The first-order valence-corrected chi connectivity index (χ1v) is 11.0. The average molecular weight is 457 g/mol. The van der Waals surface area contributed by atoms with E-state index in [4.69, 9.17) is 0 Å². The van der Waals surface area contributed by atoms with Gasteiger partial charge in [0.15, 0.2) is 0 Å². The van der Waals surface area contributed by atoms with E-state index in [0.717, 1.165) is 23.0 Å². The van der Waals surface area contributed by atoms with Crippen molar-refractivity contribution in [3.8, 4) is 0 Å². The third-order valence-corrected chi connectivity index (χ3v) is 5.93. The first-order chi connectivity index (χ1) is 15.7. The molecule has 8 heteroatoms. The summed E-state index contributed by atoms with van der Waals surface area (Å²) in [5, 5.41) is 4.48. The maximum absolute atomic E-state index is 13.1. The van der Waals surface area contributed by atoms with Crippen molar-refractivity contribution >= 4 is 5.91 Å². The van der Waals surface area contributed by atoms with Crippen molar-refractivity contribution in [2.24, 2.45) is 0 Å². The molecule has 4 rings (SSSR count). The van der Waals surface area contributed by atoms with Crippen LogP contribution in [-0.2, 0) is 19.3 Å². The second kappa shape index (κ2) is 9.39. The number of hydrogen-bond acceptors (Lipinski definition) is 3. The fourth-order valence-electron chi connectivity index (χ4n) is 4.21. The maximum atomic E-state index is 13.1. The summed E-state index contributed by atoms with van der Waals surface area (Å²) < 4.78 is 40.8. The molecular weight excluding hydrogens is 429 g/mol. The van der Waals surface area contributed by atoms with Gasteiger partial charge in [0.05, 0.1) is 17.8 Å². The van der Waals surface area contributed by atoms with Gasteiger partial charge in [-0.25, -0.2) is 0 Å². The molecule has 174 valence electrons. The number of aryl methyl sites for hydroxylation is 2. The Labute approximate surface area is 191 Å². The van der Waals surface area contributed by atoms with E-state index in [2.05, 4.69) is 10.00 Å². The molecule has 2 heterocycles. The summed E-state index contributed by atoms with van der Waals surface area (Å²) in [6.07, 6.45) is -4.34. The summed E-state index contributed by atoms with van der Waals surface area (Å²) in [5.74, 6) is -0.0241. The van der Waals surface area contributed by atoms with Crippen LogP contribution >= 0.6 is 0 Å². The number of piperazine rings is 1. The van der Waals surface area contributed by atoms with Gasteiger partial charge < -0.3 is 4.90 Å². The van der Waals surface area contributed by atoms with Crippen LogP contribution in [0.15, 0.2) is 54.6 Å². The van der Waals surface area contributed by atoms with Gasteiger partial charge in [0.1, 0.15) is 0 Å². The SMILES string of the molecule is Cc1cc(C)n(Cc2cccc(C(=O)N3CCN(Cc4cccc(C(F)(F)F)c4)CC3)c2)n1. The zero-order chi connectivity index (χ0) is 23.6. The molecule has 1 amide bonds. The predicted molar refractivity (Wildman–Crippen MR) is 120 cm³/mol.